The highest BCUT2D eigenvalue weighted by molar-refractivity contribution is 6.01. The molecule has 0 saturated heterocycles. The minimum absolute atomic E-state index is 0.113. The number of hydrogen-bond acceptors (Lipinski definition) is 5. The minimum atomic E-state index is -1.11. The van der Waals surface area contributed by atoms with Crippen molar-refractivity contribution in [2.24, 2.45) is 5.10 Å². The summed E-state index contributed by atoms with van der Waals surface area (Å²) >= 11 is 0. The topological polar surface area (TPSA) is 101 Å². The largest absolute Gasteiger partial charge is 0.497 e. The van der Waals surface area contributed by atoms with Gasteiger partial charge in [-0.25, -0.2) is 10.2 Å². The second kappa shape index (κ2) is 8.22. The zero-order valence-electron chi connectivity index (χ0n) is 15.3. The predicted molar refractivity (Wildman–Crippen MR) is 104 cm³/mol. The van der Waals surface area contributed by atoms with E-state index in [1.165, 1.54) is 6.07 Å². The Morgan fingerprint density at radius 1 is 0.964 bits per heavy atom. The first-order valence-corrected chi connectivity index (χ1v) is 8.40. The quantitative estimate of drug-likeness (QED) is 0.502. The van der Waals surface area contributed by atoms with Crippen molar-refractivity contribution >= 4 is 17.6 Å². The van der Waals surface area contributed by atoms with Gasteiger partial charge in [0.15, 0.2) is 0 Å². The van der Waals surface area contributed by atoms with E-state index in [0.717, 1.165) is 11.1 Å². The van der Waals surface area contributed by atoms with Crippen molar-refractivity contribution in [2.45, 2.75) is 6.92 Å². The summed E-state index contributed by atoms with van der Waals surface area (Å²) in [5.74, 6) is -0.415. The number of aromatic carboxylic acids is 1. The average Bonchev–Trinajstić information content (AvgIpc) is 3.22. The van der Waals surface area contributed by atoms with Gasteiger partial charge in [-0.3, -0.25) is 4.79 Å². The Kier molecular flexibility index (Phi) is 5.55. The van der Waals surface area contributed by atoms with Gasteiger partial charge in [-0.05, 0) is 48.9 Å². The maximum absolute atomic E-state index is 12.2. The zero-order valence-corrected chi connectivity index (χ0v) is 15.3. The van der Waals surface area contributed by atoms with Crippen molar-refractivity contribution in [1.82, 2.24) is 5.43 Å². The molecule has 3 aromatic rings. The minimum Gasteiger partial charge on any atom is -0.497 e. The Hall–Kier alpha value is -3.87. The average molecular weight is 378 g/mol. The fraction of sp³-hybridized carbons (Fsp3) is 0.0952. The van der Waals surface area contributed by atoms with Gasteiger partial charge >= 0.3 is 5.97 Å². The molecule has 0 aliphatic heterocycles. The summed E-state index contributed by atoms with van der Waals surface area (Å²) in [4.78, 5) is 23.1. The number of methoxy groups -OCH3 is 1. The number of carbonyl (C=O) groups is 2. The van der Waals surface area contributed by atoms with Crippen LogP contribution in [-0.4, -0.2) is 29.8 Å². The summed E-state index contributed by atoms with van der Waals surface area (Å²) in [7, 11) is 1.56. The zero-order chi connectivity index (χ0) is 20.1. The number of hydrogen-bond donors (Lipinski definition) is 2. The maximum Gasteiger partial charge on any atom is 0.371 e. The fourth-order valence-electron chi connectivity index (χ4n) is 2.49. The predicted octanol–water partition coefficient (Wildman–Crippen LogP) is 3.81. The Balaban J connectivity index is 1.68. The van der Waals surface area contributed by atoms with E-state index in [1.54, 1.807) is 56.5 Å². The molecule has 0 unspecified atom stereocenters. The summed E-state index contributed by atoms with van der Waals surface area (Å²) in [6.07, 6.45) is 0. The molecule has 0 fully saturated rings. The summed E-state index contributed by atoms with van der Waals surface area (Å²) in [5.41, 5.74) is 5.17. The third kappa shape index (κ3) is 4.27. The lowest BCUT2D eigenvalue weighted by atomic mass is 10.1. The molecule has 0 atom stereocenters. The van der Waals surface area contributed by atoms with Crippen LogP contribution in [0.1, 0.15) is 33.4 Å². The number of ether oxygens (including phenoxy) is 1. The number of carboxylic acids is 1. The van der Waals surface area contributed by atoms with Crippen LogP contribution < -0.4 is 10.2 Å². The van der Waals surface area contributed by atoms with Crippen LogP contribution in [0.2, 0.25) is 0 Å². The van der Waals surface area contributed by atoms with E-state index < -0.39 is 5.97 Å². The van der Waals surface area contributed by atoms with Gasteiger partial charge in [0.1, 0.15) is 11.5 Å². The highest BCUT2D eigenvalue weighted by Crippen LogP contribution is 2.22. The second-order valence-corrected chi connectivity index (χ2v) is 5.91. The molecule has 7 nitrogen and oxygen atoms in total. The van der Waals surface area contributed by atoms with Gasteiger partial charge in [0.2, 0.25) is 5.76 Å². The van der Waals surface area contributed by atoms with Gasteiger partial charge in [-0.1, -0.05) is 24.3 Å². The number of carboxylic acid groups (broad SMARTS) is 1. The van der Waals surface area contributed by atoms with Crippen LogP contribution >= 0.6 is 0 Å². The van der Waals surface area contributed by atoms with E-state index in [2.05, 4.69) is 10.5 Å². The number of nitrogens with zero attached hydrogens (tertiary/aromatic N) is 1. The summed E-state index contributed by atoms with van der Waals surface area (Å²) in [6.45, 7) is 1.78. The van der Waals surface area contributed by atoms with E-state index in [4.69, 9.17) is 14.3 Å². The molecule has 1 heterocycles. The molecular formula is C21H18N2O5. The lowest BCUT2D eigenvalue weighted by Gasteiger charge is -2.05. The van der Waals surface area contributed by atoms with Crippen LogP contribution in [-0.2, 0) is 0 Å². The van der Waals surface area contributed by atoms with Crippen molar-refractivity contribution in [3.63, 3.8) is 0 Å². The van der Waals surface area contributed by atoms with Gasteiger partial charge < -0.3 is 14.3 Å². The van der Waals surface area contributed by atoms with E-state index >= 15 is 0 Å². The molecule has 142 valence electrons. The standard InChI is InChI=1S/C21H18N2O5/c1-13(22-23-20(24)16-7-9-17(27-2)10-8-16)14-3-5-15(6-4-14)18-11-12-19(28-18)21(25)26/h3-12H,1-2H3,(H,23,24)(H,25,26)/b22-13-. The van der Waals surface area contributed by atoms with E-state index in [1.807, 2.05) is 12.1 Å². The van der Waals surface area contributed by atoms with Gasteiger partial charge in [-0.2, -0.15) is 5.10 Å². The smallest absolute Gasteiger partial charge is 0.371 e. The molecular weight excluding hydrogens is 360 g/mol. The Labute approximate surface area is 161 Å². The molecule has 1 amide bonds. The maximum atomic E-state index is 12.2. The van der Waals surface area contributed by atoms with Crippen molar-refractivity contribution in [2.75, 3.05) is 7.11 Å². The van der Waals surface area contributed by atoms with E-state index in [0.29, 0.717) is 22.8 Å². The van der Waals surface area contributed by atoms with Crippen LogP contribution in [0.15, 0.2) is 70.2 Å². The first-order valence-electron chi connectivity index (χ1n) is 8.40. The normalized spacial score (nSPS) is 11.1. The van der Waals surface area contributed by atoms with Crippen molar-refractivity contribution in [3.05, 3.63) is 77.6 Å². The molecule has 7 heteroatoms. The van der Waals surface area contributed by atoms with Crippen molar-refractivity contribution < 1.29 is 23.8 Å². The van der Waals surface area contributed by atoms with Gasteiger partial charge in [0.25, 0.3) is 5.91 Å². The number of rotatable bonds is 6. The summed E-state index contributed by atoms with van der Waals surface area (Å²) in [5, 5.41) is 13.1. The lowest BCUT2D eigenvalue weighted by molar-refractivity contribution is 0.0663. The van der Waals surface area contributed by atoms with Crippen LogP contribution in [0.5, 0.6) is 5.75 Å². The van der Waals surface area contributed by atoms with Crippen LogP contribution in [0.3, 0.4) is 0 Å². The molecule has 28 heavy (non-hydrogen) atoms. The van der Waals surface area contributed by atoms with Gasteiger partial charge in [0, 0.05) is 11.1 Å². The van der Waals surface area contributed by atoms with Gasteiger partial charge in [0.05, 0.1) is 12.8 Å². The number of hydrazone groups is 1. The van der Waals surface area contributed by atoms with Crippen LogP contribution in [0, 0.1) is 0 Å². The monoisotopic (exact) mass is 378 g/mol. The number of furan rings is 1. The molecule has 1 aromatic heterocycles. The first-order chi connectivity index (χ1) is 13.5. The van der Waals surface area contributed by atoms with E-state index in [-0.39, 0.29) is 11.7 Å². The molecule has 2 N–H and O–H groups in total. The summed E-state index contributed by atoms with van der Waals surface area (Å²) < 4.78 is 10.3. The second-order valence-electron chi connectivity index (χ2n) is 5.91. The molecule has 3 rings (SSSR count). The van der Waals surface area contributed by atoms with Crippen molar-refractivity contribution in [1.29, 1.82) is 0 Å². The Bertz CT molecular complexity index is 1020. The Morgan fingerprint density at radius 2 is 1.61 bits per heavy atom. The molecule has 2 aromatic carbocycles. The van der Waals surface area contributed by atoms with Crippen molar-refractivity contribution in [3.8, 4) is 17.1 Å². The number of amides is 1. The van der Waals surface area contributed by atoms with Gasteiger partial charge in [-0.15, -0.1) is 0 Å². The highest BCUT2D eigenvalue weighted by atomic mass is 16.5. The first kappa shape index (κ1) is 18.9. The molecule has 0 radical (unpaired) electrons. The molecule has 0 spiro atoms. The Morgan fingerprint density at radius 3 is 2.18 bits per heavy atom. The third-order valence-corrected chi connectivity index (χ3v) is 4.08. The lowest BCUT2D eigenvalue weighted by Crippen LogP contribution is -2.19. The summed E-state index contributed by atoms with van der Waals surface area (Å²) in [6, 6.07) is 17.0. The molecule has 0 saturated carbocycles. The number of carbonyl (C=O) groups excluding carboxylic acids is 1. The fourth-order valence-corrected chi connectivity index (χ4v) is 2.49. The molecule has 0 aliphatic rings. The molecule has 0 bridgehead atoms. The number of benzene rings is 2. The van der Waals surface area contributed by atoms with Crippen LogP contribution in [0.4, 0.5) is 0 Å². The SMILES string of the molecule is COc1ccc(C(=O)N/N=C(/C)c2ccc(-c3ccc(C(=O)O)o3)cc2)cc1. The highest BCUT2D eigenvalue weighted by Gasteiger charge is 2.11. The number of nitrogens with one attached hydrogen (secondary N) is 1. The molecule has 0 aliphatic carbocycles. The van der Waals surface area contributed by atoms with E-state index in [9.17, 15) is 9.59 Å². The third-order valence-electron chi connectivity index (χ3n) is 4.08. The van der Waals surface area contributed by atoms with Crippen LogP contribution in [0.25, 0.3) is 11.3 Å².